The van der Waals surface area contributed by atoms with E-state index in [9.17, 15) is 0 Å². The summed E-state index contributed by atoms with van der Waals surface area (Å²) in [5.41, 5.74) is 1.05. The lowest BCUT2D eigenvalue weighted by Gasteiger charge is -2.03. The van der Waals surface area contributed by atoms with Gasteiger partial charge in [-0.05, 0) is 19.1 Å². The Kier molecular flexibility index (Phi) is 3.83. The third-order valence-electron chi connectivity index (χ3n) is 1.66. The second kappa shape index (κ2) is 4.70. The fourth-order valence-corrected chi connectivity index (χ4v) is 1.68. The van der Waals surface area contributed by atoms with Crippen molar-refractivity contribution < 1.29 is 0 Å². The lowest BCUT2D eigenvalue weighted by Crippen LogP contribution is -1.82. The van der Waals surface area contributed by atoms with E-state index in [0.717, 1.165) is 0 Å². The van der Waals surface area contributed by atoms with Gasteiger partial charge in [0, 0.05) is 16.2 Å². The SMILES string of the molecule is C/C(C#N)=C(/Cl)c1ccc(Cl)cc1Cl. The molecule has 0 aliphatic heterocycles. The van der Waals surface area contributed by atoms with Crippen LogP contribution >= 0.6 is 34.8 Å². The summed E-state index contributed by atoms with van der Waals surface area (Å²) in [6.45, 7) is 1.63. The van der Waals surface area contributed by atoms with Gasteiger partial charge < -0.3 is 0 Å². The summed E-state index contributed by atoms with van der Waals surface area (Å²) in [5, 5.41) is 9.99. The van der Waals surface area contributed by atoms with Crippen LogP contribution in [0.1, 0.15) is 12.5 Å². The highest BCUT2D eigenvalue weighted by Crippen LogP contribution is 2.31. The van der Waals surface area contributed by atoms with Crippen LogP contribution in [0.2, 0.25) is 10.0 Å². The van der Waals surface area contributed by atoms with Gasteiger partial charge in [-0.1, -0.05) is 40.9 Å². The zero-order valence-corrected chi connectivity index (χ0v) is 9.58. The van der Waals surface area contributed by atoms with Crippen LogP contribution in [0, 0.1) is 11.3 Å². The standard InChI is InChI=1S/C10H6Cl3N/c1-6(5-14)10(13)8-3-2-7(11)4-9(8)12/h2-4H,1H3/b10-6-. The Morgan fingerprint density at radius 3 is 2.50 bits per heavy atom. The zero-order chi connectivity index (χ0) is 10.7. The molecular weight excluding hydrogens is 240 g/mol. The quantitative estimate of drug-likeness (QED) is 0.670. The molecule has 0 saturated carbocycles. The van der Waals surface area contributed by atoms with Gasteiger partial charge in [0.1, 0.15) is 0 Å². The van der Waals surface area contributed by atoms with Gasteiger partial charge >= 0.3 is 0 Å². The molecule has 0 aliphatic rings. The molecule has 0 unspecified atom stereocenters. The molecule has 0 radical (unpaired) electrons. The molecule has 0 aromatic heterocycles. The average molecular weight is 247 g/mol. The molecule has 1 rings (SSSR count). The number of benzene rings is 1. The van der Waals surface area contributed by atoms with Gasteiger partial charge in [0.05, 0.1) is 16.1 Å². The first-order valence-electron chi connectivity index (χ1n) is 3.78. The van der Waals surface area contributed by atoms with Crippen molar-refractivity contribution in [2.24, 2.45) is 0 Å². The van der Waals surface area contributed by atoms with E-state index in [1.807, 2.05) is 6.07 Å². The highest BCUT2D eigenvalue weighted by Gasteiger charge is 2.07. The summed E-state index contributed by atoms with van der Waals surface area (Å²) >= 11 is 17.6. The first-order chi connectivity index (χ1) is 6.56. The first-order valence-corrected chi connectivity index (χ1v) is 4.91. The lowest BCUT2D eigenvalue weighted by atomic mass is 10.1. The fourth-order valence-electron chi connectivity index (χ4n) is 0.919. The molecule has 1 aromatic rings. The van der Waals surface area contributed by atoms with E-state index in [-0.39, 0.29) is 0 Å². The van der Waals surface area contributed by atoms with E-state index in [2.05, 4.69) is 0 Å². The Morgan fingerprint density at radius 2 is 2.00 bits per heavy atom. The van der Waals surface area contributed by atoms with Crippen LogP contribution in [-0.4, -0.2) is 0 Å². The van der Waals surface area contributed by atoms with Crippen LogP contribution in [0.25, 0.3) is 5.03 Å². The number of hydrogen-bond acceptors (Lipinski definition) is 1. The van der Waals surface area contributed by atoms with E-state index >= 15 is 0 Å². The predicted octanol–water partition coefficient (Wildman–Crippen LogP) is 4.49. The van der Waals surface area contributed by atoms with Crippen LogP contribution in [0.4, 0.5) is 0 Å². The van der Waals surface area contributed by atoms with Gasteiger partial charge in [-0.2, -0.15) is 5.26 Å². The highest BCUT2D eigenvalue weighted by atomic mass is 35.5. The molecule has 0 heterocycles. The minimum atomic E-state index is 0.356. The van der Waals surface area contributed by atoms with Gasteiger partial charge in [-0.15, -0.1) is 0 Å². The Hall–Kier alpha value is -0.680. The van der Waals surface area contributed by atoms with Crippen molar-refractivity contribution in [3.05, 3.63) is 39.4 Å². The monoisotopic (exact) mass is 245 g/mol. The largest absolute Gasteiger partial charge is 0.193 e. The summed E-state index contributed by atoms with van der Waals surface area (Å²) in [5.74, 6) is 0. The molecule has 1 aromatic carbocycles. The maximum Gasteiger partial charge on any atom is 0.0959 e. The van der Waals surface area contributed by atoms with Crippen molar-refractivity contribution in [1.29, 1.82) is 5.26 Å². The predicted molar refractivity (Wildman–Crippen MR) is 60.5 cm³/mol. The molecule has 1 nitrogen and oxygen atoms in total. The van der Waals surface area contributed by atoms with E-state index in [1.54, 1.807) is 25.1 Å². The van der Waals surface area contributed by atoms with E-state index in [0.29, 0.717) is 26.2 Å². The van der Waals surface area contributed by atoms with Crippen molar-refractivity contribution in [3.8, 4) is 6.07 Å². The Morgan fingerprint density at radius 1 is 1.36 bits per heavy atom. The van der Waals surface area contributed by atoms with Crippen molar-refractivity contribution in [3.63, 3.8) is 0 Å². The summed E-state index contributed by atoms with van der Waals surface area (Å²) in [4.78, 5) is 0. The molecule has 4 heteroatoms. The maximum absolute atomic E-state index is 8.65. The van der Waals surface area contributed by atoms with Gasteiger partial charge in [0.25, 0.3) is 0 Å². The lowest BCUT2D eigenvalue weighted by molar-refractivity contribution is 1.45. The molecule has 0 saturated heterocycles. The van der Waals surface area contributed by atoms with Gasteiger partial charge in [-0.3, -0.25) is 0 Å². The second-order valence-electron chi connectivity index (χ2n) is 2.67. The summed E-state index contributed by atoms with van der Waals surface area (Å²) in [7, 11) is 0. The minimum Gasteiger partial charge on any atom is -0.193 e. The number of hydrogen-bond donors (Lipinski definition) is 0. The second-order valence-corrected chi connectivity index (χ2v) is 3.90. The van der Waals surface area contributed by atoms with Crippen molar-refractivity contribution >= 4 is 39.8 Å². The highest BCUT2D eigenvalue weighted by molar-refractivity contribution is 6.51. The van der Waals surface area contributed by atoms with Gasteiger partial charge in [0.2, 0.25) is 0 Å². The molecule has 72 valence electrons. The Balaban J connectivity index is 3.29. The van der Waals surface area contributed by atoms with Gasteiger partial charge in [0.15, 0.2) is 0 Å². The van der Waals surface area contributed by atoms with Crippen LogP contribution in [0.5, 0.6) is 0 Å². The van der Waals surface area contributed by atoms with Crippen molar-refractivity contribution in [2.45, 2.75) is 6.92 Å². The van der Waals surface area contributed by atoms with Crippen LogP contribution in [0.15, 0.2) is 23.8 Å². The normalized spacial score (nSPS) is 11.9. The smallest absolute Gasteiger partial charge is 0.0959 e. The Bertz CT molecular complexity index is 429. The Labute approximate surface area is 97.5 Å². The molecule has 0 bridgehead atoms. The summed E-state index contributed by atoms with van der Waals surface area (Å²) < 4.78 is 0. The van der Waals surface area contributed by atoms with E-state index in [1.165, 1.54) is 0 Å². The molecule has 0 atom stereocenters. The molecule has 0 amide bonds. The van der Waals surface area contributed by atoms with Crippen LogP contribution in [-0.2, 0) is 0 Å². The molecule has 0 spiro atoms. The number of allylic oxidation sites excluding steroid dienone is 1. The minimum absolute atomic E-state index is 0.356. The molecule has 0 N–H and O–H groups in total. The average Bonchev–Trinajstić information content (AvgIpc) is 2.15. The molecular formula is C10H6Cl3N. The van der Waals surface area contributed by atoms with Crippen molar-refractivity contribution in [1.82, 2.24) is 0 Å². The molecule has 14 heavy (non-hydrogen) atoms. The summed E-state index contributed by atoms with van der Waals surface area (Å²) in [6.07, 6.45) is 0. The number of halogens is 3. The van der Waals surface area contributed by atoms with Crippen LogP contribution < -0.4 is 0 Å². The molecule has 0 aliphatic carbocycles. The third-order valence-corrected chi connectivity index (χ3v) is 2.70. The van der Waals surface area contributed by atoms with E-state index in [4.69, 9.17) is 40.1 Å². The molecule has 0 fully saturated rings. The number of nitriles is 1. The maximum atomic E-state index is 8.65. The zero-order valence-electron chi connectivity index (χ0n) is 7.31. The van der Waals surface area contributed by atoms with E-state index < -0.39 is 0 Å². The summed E-state index contributed by atoms with van der Waals surface area (Å²) in [6, 6.07) is 6.91. The van der Waals surface area contributed by atoms with Crippen molar-refractivity contribution in [2.75, 3.05) is 0 Å². The third kappa shape index (κ3) is 2.42. The fraction of sp³-hybridized carbons (Fsp3) is 0.100. The number of rotatable bonds is 1. The number of nitrogens with zero attached hydrogens (tertiary/aromatic N) is 1. The first kappa shape index (κ1) is 11.4. The van der Waals surface area contributed by atoms with Gasteiger partial charge in [-0.25, -0.2) is 0 Å². The van der Waals surface area contributed by atoms with Crippen LogP contribution in [0.3, 0.4) is 0 Å². The topological polar surface area (TPSA) is 23.8 Å².